The molecule has 1 aliphatic heterocycles. The minimum atomic E-state index is 0.0827. The van der Waals surface area contributed by atoms with Gasteiger partial charge < -0.3 is 14.2 Å². The molecule has 1 amide bonds. The van der Waals surface area contributed by atoms with Gasteiger partial charge in [-0.05, 0) is 55.0 Å². The predicted octanol–water partition coefficient (Wildman–Crippen LogP) is 4.98. The Labute approximate surface area is 163 Å². The molecule has 1 aliphatic rings. The van der Waals surface area contributed by atoms with Gasteiger partial charge in [0.1, 0.15) is 5.75 Å². The van der Waals surface area contributed by atoms with Gasteiger partial charge in [0, 0.05) is 25.5 Å². The quantitative estimate of drug-likeness (QED) is 0.746. The fourth-order valence-corrected chi connectivity index (χ4v) is 4.00. The van der Waals surface area contributed by atoms with Crippen LogP contribution in [-0.4, -0.2) is 28.5 Å². The minimum Gasteiger partial charge on any atom is -0.483 e. The number of likely N-dealkylation sites (tertiary alicyclic amines) is 1. The van der Waals surface area contributed by atoms with E-state index in [4.69, 9.17) is 4.74 Å². The van der Waals surface area contributed by atoms with Crippen molar-refractivity contribution in [2.24, 2.45) is 7.05 Å². The zero-order valence-electron chi connectivity index (χ0n) is 17.1. The van der Waals surface area contributed by atoms with E-state index >= 15 is 0 Å². The summed E-state index contributed by atoms with van der Waals surface area (Å²) in [7, 11) is 2.06. The predicted molar refractivity (Wildman–Crippen MR) is 109 cm³/mol. The third-order valence-corrected chi connectivity index (χ3v) is 5.54. The summed E-state index contributed by atoms with van der Waals surface area (Å²) in [5.41, 5.74) is 3.52. The lowest BCUT2D eigenvalue weighted by atomic mass is 10.0. The number of ether oxygens (including phenoxy) is 1. The molecule has 0 bridgehead atoms. The van der Waals surface area contributed by atoms with Crippen molar-refractivity contribution in [1.82, 2.24) is 9.47 Å². The first-order valence-electron chi connectivity index (χ1n) is 10.1. The molecule has 2 heterocycles. The van der Waals surface area contributed by atoms with Crippen LogP contribution in [0.2, 0.25) is 0 Å². The molecule has 0 unspecified atom stereocenters. The summed E-state index contributed by atoms with van der Waals surface area (Å²) in [4.78, 5) is 15.1. The Bertz CT molecular complexity index is 778. The Kier molecular flexibility index (Phi) is 6.25. The molecule has 1 aromatic heterocycles. The molecule has 3 rings (SSSR count). The number of rotatable bonds is 5. The fourth-order valence-electron chi connectivity index (χ4n) is 4.00. The summed E-state index contributed by atoms with van der Waals surface area (Å²) in [6.07, 6.45) is 6.48. The summed E-state index contributed by atoms with van der Waals surface area (Å²) in [6, 6.07) is 10.6. The van der Waals surface area contributed by atoms with E-state index in [0.717, 1.165) is 42.7 Å². The average molecular weight is 369 g/mol. The van der Waals surface area contributed by atoms with Gasteiger partial charge in [-0.3, -0.25) is 4.79 Å². The molecule has 1 aromatic carbocycles. The number of benzene rings is 1. The van der Waals surface area contributed by atoms with Crippen LogP contribution < -0.4 is 4.74 Å². The van der Waals surface area contributed by atoms with E-state index in [1.54, 1.807) is 0 Å². The first-order valence-corrected chi connectivity index (χ1v) is 10.1. The zero-order chi connectivity index (χ0) is 19.4. The Morgan fingerprint density at radius 1 is 1.22 bits per heavy atom. The van der Waals surface area contributed by atoms with Gasteiger partial charge in [0.15, 0.2) is 6.61 Å². The molecule has 1 fully saturated rings. The van der Waals surface area contributed by atoms with E-state index < -0.39 is 0 Å². The summed E-state index contributed by atoms with van der Waals surface area (Å²) < 4.78 is 8.17. The van der Waals surface area contributed by atoms with E-state index in [1.807, 2.05) is 11.0 Å². The van der Waals surface area contributed by atoms with Crippen molar-refractivity contribution >= 4 is 5.91 Å². The molecule has 2 aromatic rings. The number of hydrogen-bond donors (Lipinski definition) is 0. The Morgan fingerprint density at radius 3 is 2.74 bits per heavy atom. The van der Waals surface area contributed by atoms with Gasteiger partial charge >= 0.3 is 0 Å². The van der Waals surface area contributed by atoms with Crippen LogP contribution in [-0.2, 0) is 11.8 Å². The smallest absolute Gasteiger partial charge is 0.261 e. The number of amides is 1. The summed E-state index contributed by atoms with van der Waals surface area (Å²) in [5.74, 6) is 1.29. The topological polar surface area (TPSA) is 34.5 Å². The van der Waals surface area contributed by atoms with E-state index in [-0.39, 0.29) is 18.6 Å². The molecule has 0 spiro atoms. The van der Waals surface area contributed by atoms with E-state index in [9.17, 15) is 4.79 Å². The number of nitrogens with zero attached hydrogens (tertiary/aromatic N) is 2. The number of carbonyl (C=O) groups is 1. The van der Waals surface area contributed by atoms with Crippen molar-refractivity contribution in [3.8, 4) is 5.75 Å². The average Bonchev–Trinajstić information content (AvgIpc) is 2.91. The number of hydrogen-bond acceptors (Lipinski definition) is 2. The highest BCUT2D eigenvalue weighted by molar-refractivity contribution is 5.78. The highest BCUT2D eigenvalue weighted by atomic mass is 16.5. The number of aryl methyl sites for hydroxylation is 2. The molecular formula is C23H32N2O2. The Hall–Kier alpha value is -2.23. The van der Waals surface area contributed by atoms with Crippen molar-refractivity contribution in [2.75, 3.05) is 13.2 Å². The van der Waals surface area contributed by atoms with Crippen LogP contribution in [0.1, 0.15) is 68.3 Å². The van der Waals surface area contributed by atoms with Gasteiger partial charge in [0.2, 0.25) is 0 Å². The molecular weight excluding hydrogens is 336 g/mol. The Morgan fingerprint density at radius 2 is 2.04 bits per heavy atom. The van der Waals surface area contributed by atoms with Crippen molar-refractivity contribution < 1.29 is 9.53 Å². The molecule has 0 N–H and O–H groups in total. The second kappa shape index (κ2) is 8.64. The van der Waals surface area contributed by atoms with Gasteiger partial charge in [-0.25, -0.2) is 0 Å². The summed E-state index contributed by atoms with van der Waals surface area (Å²) in [5, 5.41) is 0. The molecule has 146 valence electrons. The molecule has 27 heavy (non-hydrogen) atoms. The van der Waals surface area contributed by atoms with Crippen molar-refractivity contribution in [2.45, 2.75) is 58.4 Å². The third kappa shape index (κ3) is 4.55. The summed E-state index contributed by atoms with van der Waals surface area (Å²) in [6.45, 7) is 7.27. The standard InChI is InChI=1S/C23H32N2O2/c1-17(2)19-12-11-18(3)15-22(19)27-16-23(26)25-14-7-5-6-9-21(25)20-10-8-13-24(20)4/h8,10-13,15,17,21H,5-7,9,14,16H2,1-4H3/t21-/m0/s1. The van der Waals surface area contributed by atoms with Crippen LogP contribution >= 0.6 is 0 Å². The van der Waals surface area contributed by atoms with Crippen LogP contribution in [0.15, 0.2) is 36.5 Å². The molecule has 4 nitrogen and oxygen atoms in total. The maximum absolute atomic E-state index is 13.1. The highest BCUT2D eigenvalue weighted by Gasteiger charge is 2.28. The van der Waals surface area contributed by atoms with Crippen LogP contribution in [0.5, 0.6) is 5.75 Å². The molecule has 1 atom stereocenters. The highest BCUT2D eigenvalue weighted by Crippen LogP contribution is 2.31. The SMILES string of the molecule is Cc1ccc(C(C)C)c(OCC(=O)N2CCCCC[C@H]2c2cccn2C)c1. The number of carbonyl (C=O) groups excluding carboxylic acids is 1. The molecule has 4 heteroatoms. The van der Waals surface area contributed by atoms with Crippen molar-refractivity contribution in [3.63, 3.8) is 0 Å². The fraction of sp³-hybridized carbons (Fsp3) is 0.522. The maximum atomic E-state index is 13.1. The lowest BCUT2D eigenvalue weighted by molar-refractivity contribution is -0.136. The second-order valence-electron chi connectivity index (χ2n) is 7.98. The van der Waals surface area contributed by atoms with Gasteiger partial charge in [0.25, 0.3) is 5.91 Å². The van der Waals surface area contributed by atoms with E-state index in [1.165, 1.54) is 12.1 Å². The van der Waals surface area contributed by atoms with Gasteiger partial charge in [-0.15, -0.1) is 0 Å². The molecule has 1 saturated heterocycles. The van der Waals surface area contributed by atoms with Gasteiger partial charge in [-0.2, -0.15) is 0 Å². The van der Waals surface area contributed by atoms with E-state index in [2.05, 4.69) is 62.8 Å². The van der Waals surface area contributed by atoms with Gasteiger partial charge in [-0.1, -0.05) is 38.8 Å². The lowest BCUT2D eigenvalue weighted by Crippen LogP contribution is -2.38. The van der Waals surface area contributed by atoms with Crippen molar-refractivity contribution in [1.29, 1.82) is 0 Å². The van der Waals surface area contributed by atoms with Crippen molar-refractivity contribution in [3.05, 3.63) is 53.3 Å². The normalized spacial score (nSPS) is 17.8. The van der Waals surface area contributed by atoms with Crippen LogP contribution in [0.4, 0.5) is 0 Å². The maximum Gasteiger partial charge on any atom is 0.261 e. The summed E-state index contributed by atoms with van der Waals surface area (Å²) >= 11 is 0. The second-order valence-corrected chi connectivity index (χ2v) is 7.98. The first-order chi connectivity index (χ1) is 13.0. The number of aromatic nitrogens is 1. The largest absolute Gasteiger partial charge is 0.483 e. The first kappa shape index (κ1) is 19.5. The van der Waals surface area contributed by atoms with Crippen LogP contribution in [0, 0.1) is 6.92 Å². The zero-order valence-corrected chi connectivity index (χ0v) is 17.1. The monoisotopic (exact) mass is 368 g/mol. The third-order valence-electron chi connectivity index (χ3n) is 5.54. The minimum absolute atomic E-state index is 0.0827. The molecule has 0 aliphatic carbocycles. The molecule has 0 radical (unpaired) electrons. The van der Waals surface area contributed by atoms with E-state index in [0.29, 0.717) is 5.92 Å². The Balaban J connectivity index is 1.76. The van der Waals surface area contributed by atoms with Crippen LogP contribution in [0.25, 0.3) is 0 Å². The lowest BCUT2D eigenvalue weighted by Gasteiger charge is -2.30. The van der Waals surface area contributed by atoms with Crippen LogP contribution in [0.3, 0.4) is 0 Å². The molecule has 0 saturated carbocycles. The van der Waals surface area contributed by atoms with Gasteiger partial charge in [0.05, 0.1) is 6.04 Å².